The molecule has 1 aliphatic heterocycles. The minimum absolute atomic E-state index is 0.0402. The predicted molar refractivity (Wildman–Crippen MR) is 60.5 cm³/mol. The Morgan fingerprint density at radius 3 is 2.31 bits per heavy atom. The Hall–Kier alpha value is -1.54. The molecule has 0 aromatic rings. The van der Waals surface area contributed by atoms with Gasteiger partial charge in [0.2, 0.25) is 11.8 Å². The molecule has 1 heterocycles. The van der Waals surface area contributed by atoms with E-state index in [0.29, 0.717) is 32.7 Å². The van der Waals surface area contributed by atoms with Crippen molar-refractivity contribution in [1.82, 2.24) is 15.1 Å². The van der Waals surface area contributed by atoms with Crippen LogP contribution in [0.25, 0.3) is 0 Å². The smallest absolute Gasteiger partial charge is 0.236 e. The monoisotopic (exact) mass is 223 g/mol. The summed E-state index contributed by atoms with van der Waals surface area (Å²) in [6, 6.07) is 0. The highest BCUT2D eigenvalue weighted by atomic mass is 16.2. The van der Waals surface area contributed by atoms with Crippen molar-refractivity contribution in [3.8, 4) is 12.3 Å². The lowest BCUT2D eigenvalue weighted by Crippen LogP contribution is -2.51. The van der Waals surface area contributed by atoms with E-state index in [0.717, 1.165) is 0 Å². The van der Waals surface area contributed by atoms with Gasteiger partial charge in [0, 0.05) is 33.1 Å². The van der Waals surface area contributed by atoms with Gasteiger partial charge in [0.15, 0.2) is 0 Å². The average Bonchev–Trinajstić information content (AvgIpc) is 2.29. The minimum Gasteiger partial charge on any atom is -0.339 e. The largest absolute Gasteiger partial charge is 0.339 e. The van der Waals surface area contributed by atoms with Crippen molar-refractivity contribution in [2.24, 2.45) is 0 Å². The Morgan fingerprint density at radius 2 is 1.81 bits per heavy atom. The first-order valence-corrected chi connectivity index (χ1v) is 5.32. The normalized spacial score (nSPS) is 15.8. The Labute approximate surface area is 95.8 Å². The van der Waals surface area contributed by atoms with E-state index in [1.54, 1.807) is 16.7 Å². The predicted octanol–water partition coefficient (Wildman–Crippen LogP) is -1.10. The fraction of sp³-hybridized carbons (Fsp3) is 0.636. The highest BCUT2D eigenvalue weighted by molar-refractivity contribution is 5.79. The number of carbonyl (C=O) groups excluding carboxylic acids is 2. The Balaban J connectivity index is 2.28. The third kappa shape index (κ3) is 3.55. The van der Waals surface area contributed by atoms with Crippen LogP contribution in [-0.2, 0) is 9.59 Å². The number of carbonyl (C=O) groups is 2. The molecule has 0 spiro atoms. The summed E-state index contributed by atoms with van der Waals surface area (Å²) in [4.78, 5) is 26.2. The van der Waals surface area contributed by atoms with Gasteiger partial charge >= 0.3 is 0 Å². The van der Waals surface area contributed by atoms with Gasteiger partial charge in [-0.2, -0.15) is 0 Å². The molecule has 0 aliphatic carbocycles. The van der Waals surface area contributed by atoms with E-state index in [2.05, 4.69) is 11.2 Å². The van der Waals surface area contributed by atoms with Gasteiger partial charge in [-0.25, -0.2) is 0 Å². The summed E-state index contributed by atoms with van der Waals surface area (Å²) < 4.78 is 0. The van der Waals surface area contributed by atoms with E-state index < -0.39 is 0 Å². The van der Waals surface area contributed by atoms with E-state index in [1.807, 2.05) is 0 Å². The molecule has 5 nitrogen and oxygen atoms in total. The van der Waals surface area contributed by atoms with Crippen molar-refractivity contribution in [1.29, 1.82) is 0 Å². The Bertz CT molecular complexity index is 301. The van der Waals surface area contributed by atoms with E-state index in [4.69, 9.17) is 6.42 Å². The SMILES string of the molecule is C#CCNCC(=O)N1CCN(C(C)=O)CC1. The van der Waals surface area contributed by atoms with E-state index in [9.17, 15) is 9.59 Å². The minimum atomic E-state index is 0.0402. The van der Waals surface area contributed by atoms with Crippen molar-refractivity contribution in [2.75, 3.05) is 39.3 Å². The number of nitrogens with zero attached hydrogens (tertiary/aromatic N) is 2. The number of hydrogen-bond donors (Lipinski definition) is 1. The summed E-state index contributed by atoms with van der Waals surface area (Å²) in [7, 11) is 0. The molecular formula is C11H17N3O2. The van der Waals surface area contributed by atoms with Gasteiger partial charge in [-0.05, 0) is 0 Å². The molecule has 1 saturated heterocycles. The Morgan fingerprint density at radius 1 is 1.25 bits per heavy atom. The molecule has 0 saturated carbocycles. The van der Waals surface area contributed by atoms with Crippen molar-refractivity contribution in [2.45, 2.75) is 6.92 Å². The lowest BCUT2D eigenvalue weighted by molar-refractivity contribution is -0.137. The summed E-state index contributed by atoms with van der Waals surface area (Å²) >= 11 is 0. The number of nitrogens with one attached hydrogen (secondary N) is 1. The lowest BCUT2D eigenvalue weighted by atomic mass is 10.3. The van der Waals surface area contributed by atoms with Crippen LogP contribution < -0.4 is 5.32 Å². The highest BCUT2D eigenvalue weighted by Gasteiger charge is 2.21. The van der Waals surface area contributed by atoms with E-state index >= 15 is 0 Å². The van der Waals surface area contributed by atoms with Crippen molar-refractivity contribution >= 4 is 11.8 Å². The number of amides is 2. The second-order valence-electron chi connectivity index (χ2n) is 3.69. The third-order valence-electron chi connectivity index (χ3n) is 2.58. The second-order valence-corrected chi connectivity index (χ2v) is 3.69. The average molecular weight is 223 g/mol. The third-order valence-corrected chi connectivity index (χ3v) is 2.58. The van der Waals surface area contributed by atoms with Crippen LogP contribution in [0, 0.1) is 12.3 Å². The van der Waals surface area contributed by atoms with Gasteiger partial charge in [-0.15, -0.1) is 6.42 Å². The van der Waals surface area contributed by atoms with E-state index in [1.165, 1.54) is 0 Å². The molecule has 16 heavy (non-hydrogen) atoms. The molecule has 5 heteroatoms. The van der Waals surface area contributed by atoms with Crippen LogP contribution in [0.3, 0.4) is 0 Å². The molecule has 1 N–H and O–H groups in total. The van der Waals surface area contributed by atoms with Gasteiger partial charge in [0.1, 0.15) is 0 Å². The van der Waals surface area contributed by atoms with Crippen LogP contribution in [0.5, 0.6) is 0 Å². The van der Waals surface area contributed by atoms with Gasteiger partial charge in [0.25, 0.3) is 0 Å². The number of piperazine rings is 1. The summed E-state index contributed by atoms with van der Waals surface area (Å²) in [5.41, 5.74) is 0. The van der Waals surface area contributed by atoms with E-state index in [-0.39, 0.29) is 18.4 Å². The summed E-state index contributed by atoms with van der Waals surface area (Å²) in [5.74, 6) is 2.52. The standard InChI is InChI=1S/C11H17N3O2/c1-3-4-12-9-11(16)14-7-5-13(6-8-14)10(2)15/h1,12H,4-9H2,2H3. The van der Waals surface area contributed by atoms with Gasteiger partial charge in [-0.3, -0.25) is 14.9 Å². The molecule has 0 atom stereocenters. The first-order valence-electron chi connectivity index (χ1n) is 5.32. The maximum absolute atomic E-state index is 11.6. The fourth-order valence-electron chi connectivity index (χ4n) is 1.62. The fourth-order valence-corrected chi connectivity index (χ4v) is 1.62. The summed E-state index contributed by atoms with van der Waals surface area (Å²) in [6.07, 6.45) is 5.06. The molecule has 88 valence electrons. The van der Waals surface area contributed by atoms with Crippen LogP contribution in [-0.4, -0.2) is 60.9 Å². The molecule has 0 unspecified atom stereocenters. The molecule has 0 radical (unpaired) electrons. The zero-order valence-corrected chi connectivity index (χ0v) is 9.53. The maximum atomic E-state index is 11.6. The molecular weight excluding hydrogens is 206 g/mol. The zero-order valence-electron chi connectivity index (χ0n) is 9.53. The lowest BCUT2D eigenvalue weighted by Gasteiger charge is -2.34. The maximum Gasteiger partial charge on any atom is 0.236 e. The topological polar surface area (TPSA) is 52.7 Å². The van der Waals surface area contributed by atoms with Crippen molar-refractivity contribution < 1.29 is 9.59 Å². The molecule has 1 rings (SSSR count). The molecule has 1 aliphatic rings. The molecule has 0 bridgehead atoms. The van der Waals surface area contributed by atoms with Crippen LogP contribution in [0.2, 0.25) is 0 Å². The quantitative estimate of drug-likeness (QED) is 0.488. The summed E-state index contributed by atoms with van der Waals surface area (Å²) in [5, 5.41) is 2.86. The molecule has 0 aromatic heterocycles. The van der Waals surface area contributed by atoms with Crippen LogP contribution in [0.4, 0.5) is 0 Å². The first-order chi connectivity index (χ1) is 7.65. The van der Waals surface area contributed by atoms with Gasteiger partial charge in [-0.1, -0.05) is 5.92 Å². The zero-order chi connectivity index (χ0) is 12.0. The first kappa shape index (κ1) is 12.5. The van der Waals surface area contributed by atoms with Gasteiger partial charge < -0.3 is 9.80 Å². The number of rotatable bonds is 3. The summed E-state index contributed by atoms with van der Waals surface area (Å²) in [6.45, 7) is 4.67. The number of hydrogen-bond acceptors (Lipinski definition) is 3. The van der Waals surface area contributed by atoms with Crippen LogP contribution in [0.15, 0.2) is 0 Å². The van der Waals surface area contributed by atoms with Crippen LogP contribution >= 0.6 is 0 Å². The molecule has 2 amide bonds. The number of terminal acetylenes is 1. The van der Waals surface area contributed by atoms with Gasteiger partial charge in [0.05, 0.1) is 13.1 Å². The second kappa shape index (κ2) is 6.13. The molecule has 1 fully saturated rings. The van der Waals surface area contributed by atoms with Crippen molar-refractivity contribution in [3.05, 3.63) is 0 Å². The highest BCUT2D eigenvalue weighted by Crippen LogP contribution is 2.01. The molecule has 0 aromatic carbocycles. The van der Waals surface area contributed by atoms with Crippen molar-refractivity contribution in [3.63, 3.8) is 0 Å². The van der Waals surface area contributed by atoms with Crippen LogP contribution in [0.1, 0.15) is 6.92 Å². The Kier molecular flexibility index (Phi) is 4.80.